The molecule has 2 aliphatic rings. The molecule has 12 heteroatoms. The summed E-state index contributed by atoms with van der Waals surface area (Å²) >= 11 is 6.09. The number of ether oxygens (including phenoxy) is 1. The van der Waals surface area contributed by atoms with Crippen LogP contribution in [0.4, 0.5) is 22.0 Å². The summed E-state index contributed by atoms with van der Waals surface area (Å²) in [5, 5.41) is 17.0. The van der Waals surface area contributed by atoms with E-state index in [0.717, 1.165) is 36.1 Å². The molecule has 1 amide bonds. The van der Waals surface area contributed by atoms with Crippen molar-refractivity contribution in [3.05, 3.63) is 50.9 Å². The molecule has 1 saturated carbocycles. The number of carbonyl (C=O) groups excluding carboxylic acids is 1. The molecular formula is C27H34ClN7O4. The van der Waals surface area contributed by atoms with Gasteiger partial charge in [-0.05, 0) is 58.2 Å². The van der Waals surface area contributed by atoms with Crippen LogP contribution in [0.15, 0.2) is 29.3 Å². The first-order valence-corrected chi connectivity index (χ1v) is 13.7. The third-order valence-corrected chi connectivity index (χ3v) is 7.50. The molecule has 1 saturated heterocycles. The van der Waals surface area contributed by atoms with Crippen LogP contribution in [0.5, 0.6) is 0 Å². The number of fused-ring (bicyclic) bond motifs is 1. The Bertz CT molecular complexity index is 1460. The monoisotopic (exact) mass is 555 g/mol. The topological polar surface area (TPSA) is 120 Å². The van der Waals surface area contributed by atoms with Crippen LogP contribution in [0, 0.1) is 12.1 Å². The van der Waals surface area contributed by atoms with Crippen molar-refractivity contribution in [3.8, 4) is 0 Å². The van der Waals surface area contributed by atoms with Gasteiger partial charge in [-0.15, -0.1) is 0 Å². The number of amides is 1. The van der Waals surface area contributed by atoms with Crippen molar-refractivity contribution in [2.45, 2.75) is 65.0 Å². The van der Waals surface area contributed by atoms with Gasteiger partial charge in [-0.1, -0.05) is 12.8 Å². The van der Waals surface area contributed by atoms with Gasteiger partial charge in [-0.3, -0.25) is 9.36 Å². The van der Waals surface area contributed by atoms with Crippen LogP contribution < -0.4 is 20.5 Å². The summed E-state index contributed by atoms with van der Waals surface area (Å²) in [5.41, 5.74) is 1.46. The average molecular weight is 556 g/mol. The molecule has 2 fully saturated rings. The molecule has 4 heterocycles. The summed E-state index contributed by atoms with van der Waals surface area (Å²) < 4.78 is 7.91. The van der Waals surface area contributed by atoms with E-state index in [-0.39, 0.29) is 28.8 Å². The predicted octanol–water partition coefficient (Wildman–Crippen LogP) is 4.30. The van der Waals surface area contributed by atoms with Gasteiger partial charge in [0.2, 0.25) is 5.28 Å². The highest BCUT2D eigenvalue weighted by atomic mass is 35.5. The van der Waals surface area contributed by atoms with Gasteiger partial charge in [0.25, 0.3) is 11.4 Å². The lowest BCUT2D eigenvalue weighted by atomic mass is 10.1. The number of pyridine rings is 2. The zero-order valence-corrected chi connectivity index (χ0v) is 23.5. The van der Waals surface area contributed by atoms with Gasteiger partial charge in [0, 0.05) is 55.4 Å². The van der Waals surface area contributed by atoms with Gasteiger partial charge >= 0.3 is 6.09 Å². The third-order valence-electron chi connectivity index (χ3n) is 7.32. The molecule has 3 aromatic heterocycles. The fourth-order valence-electron chi connectivity index (χ4n) is 5.32. The van der Waals surface area contributed by atoms with Crippen LogP contribution >= 0.6 is 11.6 Å². The number of aromatic nitrogens is 4. The van der Waals surface area contributed by atoms with Crippen LogP contribution in [0.1, 0.15) is 58.1 Å². The van der Waals surface area contributed by atoms with Crippen LogP contribution in [0.3, 0.4) is 0 Å². The van der Waals surface area contributed by atoms with E-state index in [1.807, 2.05) is 33.8 Å². The van der Waals surface area contributed by atoms with E-state index in [9.17, 15) is 14.8 Å². The van der Waals surface area contributed by atoms with Crippen LogP contribution in [0.2, 0.25) is 5.28 Å². The second-order valence-electron chi connectivity index (χ2n) is 11.2. The van der Waals surface area contributed by atoms with Gasteiger partial charge in [0.1, 0.15) is 17.4 Å². The van der Waals surface area contributed by atoms with Gasteiger partial charge < -0.3 is 19.7 Å². The van der Waals surface area contributed by atoms with Crippen molar-refractivity contribution in [1.29, 1.82) is 0 Å². The van der Waals surface area contributed by atoms with Crippen molar-refractivity contribution >= 4 is 45.9 Å². The third kappa shape index (κ3) is 5.59. The Hall–Kier alpha value is -3.60. The van der Waals surface area contributed by atoms with E-state index in [1.54, 1.807) is 21.7 Å². The number of aryl methyl sites for hydroxylation is 1. The molecule has 1 aliphatic carbocycles. The highest BCUT2D eigenvalue weighted by molar-refractivity contribution is 6.28. The summed E-state index contributed by atoms with van der Waals surface area (Å²) in [4.78, 5) is 38.4. The molecule has 0 spiro atoms. The van der Waals surface area contributed by atoms with Gasteiger partial charge in [0.15, 0.2) is 5.69 Å². The molecular weight excluding hydrogens is 522 g/mol. The first-order valence-electron chi connectivity index (χ1n) is 13.3. The minimum atomic E-state index is -0.547. The number of hydrogen-bond acceptors (Lipinski definition) is 8. The Balaban J connectivity index is 1.38. The fourth-order valence-corrected chi connectivity index (χ4v) is 5.45. The van der Waals surface area contributed by atoms with E-state index >= 15 is 0 Å². The van der Waals surface area contributed by atoms with E-state index in [1.165, 1.54) is 6.20 Å². The van der Waals surface area contributed by atoms with Crippen molar-refractivity contribution in [1.82, 2.24) is 19.4 Å². The lowest BCUT2D eigenvalue weighted by Crippen LogP contribution is -2.50. The summed E-state index contributed by atoms with van der Waals surface area (Å²) in [6.07, 6.45) is 6.64. The molecule has 208 valence electrons. The molecule has 1 N–H and O–H groups in total. The SMILES string of the molecule is Cc1c(Nc2ccc(N3CCN(C(=O)OC(C)(C)C)CC3)c[n+]2[O-])c(=O)n(C2CCCC2)c2nc(Cl)ncc12. The molecule has 5 rings (SSSR count). The maximum atomic E-state index is 13.7. The van der Waals surface area contributed by atoms with E-state index in [0.29, 0.717) is 48.5 Å². The number of nitrogens with one attached hydrogen (secondary N) is 1. The zero-order valence-electron chi connectivity index (χ0n) is 22.7. The Kier molecular flexibility index (Phi) is 7.28. The molecule has 0 bridgehead atoms. The van der Waals surface area contributed by atoms with Gasteiger partial charge in [-0.25, -0.2) is 19.8 Å². The highest BCUT2D eigenvalue weighted by Gasteiger charge is 2.28. The number of rotatable bonds is 4. The Morgan fingerprint density at radius 3 is 2.51 bits per heavy atom. The van der Waals surface area contributed by atoms with E-state index in [4.69, 9.17) is 16.3 Å². The number of halogens is 1. The molecule has 0 atom stereocenters. The van der Waals surface area contributed by atoms with Crippen molar-refractivity contribution in [2.24, 2.45) is 0 Å². The lowest BCUT2D eigenvalue weighted by Gasteiger charge is -2.36. The minimum Gasteiger partial charge on any atom is -0.711 e. The number of carbonyl (C=O) groups is 1. The number of hydrogen-bond donors (Lipinski definition) is 1. The maximum absolute atomic E-state index is 13.7. The quantitative estimate of drug-likeness (QED) is 0.287. The highest BCUT2D eigenvalue weighted by Crippen LogP contribution is 2.33. The summed E-state index contributed by atoms with van der Waals surface area (Å²) in [6.45, 7) is 9.49. The molecule has 0 radical (unpaired) electrons. The summed E-state index contributed by atoms with van der Waals surface area (Å²) in [6, 6.07) is 3.53. The molecule has 1 aliphatic heterocycles. The Morgan fingerprint density at radius 2 is 1.87 bits per heavy atom. The average Bonchev–Trinajstić information content (AvgIpc) is 3.41. The molecule has 0 aromatic carbocycles. The first-order chi connectivity index (χ1) is 18.5. The maximum Gasteiger partial charge on any atom is 0.410 e. The van der Waals surface area contributed by atoms with Crippen LogP contribution in [0.25, 0.3) is 11.0 Å². The normalized spacial score (nSPS) is 16.6. The van der Waals surface area contributed by atoms with Gasteiger partial charge in [0.05, 0.1) is 5.69 Å². The second-order valence-corrected chi connectivity index (χ2v) is 11.5. The second kappa shape index (κ2) is 10.5. The van der Waals surface area contributed by atoms with Crippen molar-refractivity contribution < 1.29 is 14.3 Å². The van der Waals surface area contributed by atoms with Crippen molar-refractivity contribution in [3.63, 3.8) is 0 Å². The summed E-state index contributed by atoms with van der Waals surface area (Å²) in [5.74, 6) is 0.235. The first kappa shape index (κ1) is 27.0. The largest absolute Gasteiger partial charge is 0.711 e. The van der Waals surface area contributed by atoms with Gasteiger partial charge in [-0.2, -0.15) is 4.98 Å². The Morgan fingerprint density at radius 1 is 1.18 bits per heavy atom. The molecule has 0 unspecified atom stereocenters. The fraction of sp³-hybridized carbons (Fsp3) is 0.519. The van der Waals surface area contributed by atoms with Crippen LogP contribution in [-0.2, 0) is 4.74 Å². The predicted molar refractivity (Wildman–Crippen MR) is 150 cm³/mol. The lowest BCUT2D eigenvalue weighted by molar-refractivity contribution is -0.589. The number of piperazine rings is 1. The van der Waals surface area contributed by atoms with E-state index < -0.39 is 5.60 Å². The molecule has 39 heavy (non-hydrogen) atoms. The minimum absolute atomic E-state index is 0.0215. The van der Waals surface area contributed by atoms with E-state index in [2.05, 4.69) is 20.2 Å². The Labute approximate surface area is 231 Å². The smallest absolute Gasteiger partial charge is 0.410 e. The zero-order chi connectivity index (χ0) is 27.9. The van der Waals surface area contributed by atoms with Crippen molar-refractivity contribution in [2.75, 3.05) is 36.4 Å². The number of nitrogens with zero attached hydrogens (tertiary/aromatic N) is 6. The molecule has 3 aromatic rings. The number of anilines is 3. The summed E-state index contributed by atoms with van der Waals surface area (Å²) in [7, 11) is 0. The molecule has 11 nitrogen and oxygen atoms in total. The van der Waals surface area contributed by atoms with Crippen LogP contribution in [-0.4, -0.2) is 57.3 Å². The standard InChI is InChI=1S/C27H34ClN7O4/c1-17-20-15-29-25(28)31-23(20)35(18-7-5-6-8-18)24(36)22(17)30-21-10-9-19(16-34(21)38)32-11-13-33(14-12-32)26(37)39-27(2,3)4/h9-10,15-16,18,30H,5-8,11-14H2,1-4H3.